The Morgan fingerprint density at radius 3 is 2.29 bits per heavy atom. The van der Waals surface area contributed by atoms with Gasteiger partial charge in [-0.2, -0.15) is 10.3 Å². The van der Waals surface area contributed by atoms with Crippen LogP contribution in [0, 0.1) is 11.3 Å². The largest absolute Gasteiger partial charge is 0.278 e. The molecule has 1 fully saturated rings. The zero-order valence-corrected chi connectivity index (χ0v) is 13.0. The van der Waals surface area contributed by atoms with Gasteiger partial charge in [-0.15, -0.1) is 0 Å². The van der Waals surface area contributed by atoms with Gasteiger partial charge in [0.15, 0.2) is 6.10 Å². The maximum absolute atomic E-state index is 9.25. The van der Waals surface area contributed by atoms with Crippen molar-refractivity contribution in [1.82, 2.24) is 5.06 Å². The van der Waals surface area contributed by atoms with Crippen molar-refractivity contribution in [3.05, 3.63) is 71.8 Å². The topological polar surface area (TPSA) is 36.3 Å². The molecule has 1 aliphatic heterocycles. The van der Waals surface area contributed by atoms with Crippen LogP contribution >= 0.6 is 15.9 Å². The molecular formula is C17H15BrN2O. The number of hydrogen-bond acceptors (Lipinski definition) is 3. The van der Waals surface area contributed by atoms with Crippen molar-refractivity contribution in [2.24, 2.45) is 0 Å². The molecule has 0 bridgehead atoms. The summed E-state index contributed by atoms with van der Waals surface area (Å²) < 4.78 is 0. The number of alkyl halides is 1. The van der Waals surface area contributed by atoms with Gasteiger partial charge in [-0.3, -0.25) is 4.84 Å². The van der Waals surface area contributed by atoms with Crippen LogP contribution in [0.3, 0.4) is 0 Å². The maximum atomic E-state index is 9.25. The van der Waals surface area contributed by atoms with Crippen LogP contribution < -0.4 is 0 Å². The standard InChI is InChI=1S/C17H15BrN2O/c18-16-15(11-19)21-20(12-13-7-3-1-4-8-13)17(16)14-9-5-2-6-10-14/h1-10,15-17H,12H2/t15-,16-,17+/m0/s1. The lowest BCUT2D eigenvalue weighted by atomic mass is 10.0. The molecule has 0 spiro atoms. The third kappa shape index (κ3) is 3.01. The third-order valence-electron chi connectivity index (χ3n) is 3.60. The normalized spacial score (nSPS) is 25.6. The Morgan fingerprint density at radius 2 is 1.67 bits per heavy atom. The molecule has 2 aromatic carbocycles. The average molecular weight is 343 g/mol. The van der Waals surface area contributed by atoms with Crippen molar-refractivity contribution in [1.29, 1.82) is 5.26 Å². The Labute approximate surface area is 132 Å². The van der Waals surface area contributed by atoms with Gasteiger partial charge in [0.2, 0.25) is 0 Å². The predicted molar refractivity (Wildman–Crippen MR) is 84.4 cm³/mol. The summed E-state index contributed by atoms with van der Waals surface area (Å²) in [5, 5.41) is 11.2. The molecule has 3 nitrogen and oxygen atoms in total. The first-order valence-electron chi connectivity index (χ1n) is 6.85. The summed E-state index contributed by atoms with van der Waals surface area (Å²) in [5.74, 6) is 0. The molecule has 2 aromatic rings. The van der Waals surface area contributed by atoms with Gasteiger partial charge in [-0.05, 0) is 11.1 Å². The molecule has 3 rings (SSSR count). The van der Waals surface area contributed by atoms with Crippen LogP contribution in [-0.4, -0.2) is 16.0 Å². The summed E-state index contributed by atoms with van der Waals surface area (Å²) in [4.78, 5) is 5.77. The van der Waals surface area contributed by atoms with E-state index in [2.05, 4.69) is 46.3 Å². The first kappa shape index (κ1) is 14.3. The molecule has 0 aromatic heterocycles. The van der Waals surface area contributed by atoms with Crippen LogP contribution in [0.5, 0.6) is 0 Å². The van der Waals surface area contributed by atoms with Crippen molar-refractivity contribution >= 4 is 15.9 Å². The van der Waals surface area contributed by atoms with Crippen molar-refractivity contribution in [2.45, 2.75) is 23.5 Å². The minimum absolute atomic E-state index is 0.0241. The second-order valence-corrected chi connectivity index (χ2v) is 6.07. The lowest BCUT2D eigenvalue weighted by Gasteiger charge is -2.24. The van der Waals surface area contributed by atoms with Crippen LogP contribution in [0.15, 0.2) is 60.7 Å². The smallest absolute Gasteiger partial charge is 0.179 e. The molecule has 4 heteroatoms. The van der Waals surface area contributed by atoms with Gasteiger partial charge in [0, 0.05) is 6.54 Å². The van der Waals surface area contributed by atoms with Gasteiger partial charge in [0.1, 0.15) is 0 Å². The van der Waals surface area contributed by atoms with Crippen LogP contribution in [-0.2, 0) is 11.4 Å². The van der Waals surface area contributed by atoms with E-state index in [-0.39, 0.29) is 10.9 Å². The van der Waals surface area contributed by atoms with E-state index in [1.807, 2.05) is 41.5 Å². The number of halogens is 1. The van der Waals surface area contributed by atoms with E-state index in [0.29, 0.717) is 6.54 Å². The van der Waals surface area contributed by atoms with Crippen LogP contribution in [0.2, 0.25) is 0 Å². The average Bonchev–Trinajstić information content (AvgIpc) is 2.85. The number of rotatable bonds is 3. The fourth-order valence-corrected chi connectivity index (χ4v) is 3.37. The lowest BCUT2D eigenvalue weighted by Crippen LogP contribution is -2.24. The van der Waals surface area contributed by atoms with Gasteiger partial charge in [0.25, 0.3) is 0 Å². The Hall–Kier alpha value is -1.67. The molecule has 0 saturated carbocycles. The minimum Gasteiger partial charge on any atom is -0.278 e. The second-order valence-electron chi connectivity index (χ2n) is 5.02. The highest BCUT2D eigenvalue weighted by atomic mass is 79.9. The quantitative estimate of drug-likeness (QED) is 0.795. The highest BCUT2D eigenvalue weighted by molar-refractivity contribution is 9.09. The van der Waals surface area contributed by atoms with Gasteiger partial charge in [0.05, 0.1) is 16.9 Å². The lowest BCUT2D eigenvalue weighted by molar-refractivity contribution is -0.157. The number of benzene rings is 2. The van der Waals surface area contributed by atoms with Crippen molar-refractivity contribution in [3.63, 3.8) is 0 Å². The Kier molecular flexibility index (Phi) is 4.35. The zero-order valence-electron chi connectivity index (χ0n) is 11.4. The van der Waals surface area contributed by atoms with Gasteiger partial charge in [-0.1, -0.05) is 76.6 Å². The van der Waals surface area contributed by atoms with Crippen molar-refractivity contribution < 1.29 is 4.84 Å². The highest BCUT2D eigenvalue weighted by Gasteiger charge is 2.42. The van der Waals surface area contributed by atoms with Crippen molar-refractivity contribution in [2.75, 3.05) is 0 Å². The van der Waals surface area contributed by atoms with Crippen LogP contribution in [0.1, 0.15) is 17.2 Å². The summed E-state index contributed by atoms with van der Waals surface area (Å²) >= 11 is 3.63. The third-order valence-corrected chi connectivity index (χ3v) is 4.58. The number of hydroxylamine groups is 2. The summed E-state index contributed by atoms with van der Waals surface area (Å²) in [6.07, 6.45) is -0.473. The van der Waals surface area contributed by atoms with E-state index in [0.717, 1.165) is 11.1 Å². The number of nitrogens with zero attached hydrogens (tertiary/aromatic N) is 2. The molecule has 3 atom stereocenters. The highest BCUT2D eigenvalue weighted by Crippen LogP contribution is 2.39. The molecular weight excluding hydrogens is 328 g/mol. The second kappa shape index (κ2) is 6.40. The summed E-state index contributed by atoms with van der Waals surface area (Å²) in [7, 11) is 0. The Morgan fingerprint density at radius 1 is 1.05 bits per heavy atom. The van der Waals surface area contributed by atoms with E-state index in [1.165, 1.54) is 0 Å². The fraction of sp³-hybridized carbons (Fsp3) is 0.235. The van der Waals surface area contributed by atoms with E-state index in [9.17, 15) is 5.26 Å². The maximum Gasteiger partial charge on any atom is 0.179 e. The Balaban J connectivity index is 1.88. The first-order valence-corrected chi connectivity index (χ1v) is 7.77. The summed E-state index contributed by atoms with van der Waals surface area (Å²) in [6, 6.07) is 22.5. The predicted octanol–water partition coefficient (Wildman–Crippen LogP) is 3.83. The van der Waals surface area contributed by atoms with Crippen LogP contribution in [0.4, 0.5) is 0 Å². The number of nitriles is 1. The van der Waals surface area contributed by atoms with E-state index >= 15 is 0 Å². The van der Waals surface area contributed by atoms with E-state index in [4.69, 9.17) is 4.84 Å². The SMILES string of the molecule is N#C[C@@H]1ON(Cc2ccccc2)[C@H](c2ccccc2)[C@H]1Br. The minimum atomic E-state index is -0.473. The van der Waals surface area contributed by atoms with E-state index in [1.54, 1.807) is 0 Å². The molecule has 0 N–H and O–H groups in total. The monoisotopic (exact) mass is 342 g/mol. The fourth-order valence-electron chi connectivity index (χ4n) is 2.59. The molecule has 21 heavy (non-hydrogen) atoms. The molecule has 0 radical (unpaired) electrons. The summed E-state index contributed by atoms with van der Waals surface area (Å²) in [6.45, 7) is 0.653. The molecule has 1 saturated heterocycles. The molecule has 106 valence electrons. The molecule has 1 aliphatic rings. The zero-order chi connectivity index (χ0) is 14.7. The van der Waals surface area contributed by atoms with Gasteiger partial charge in [-0.25, -0.2) is 0 Å². The molecule has 0 amide bonds. The van der Waals surface area contributed by atoms with Gasteiger partial charge < -0.3 is 0 Å². The molecule has 0 aliphatic carbocycles. The Bertz CT molecular complexity index is 626. The first-order chi connectivity index (χ1) is 10.3. The van der Waals surface area contributed by atoms with Crippen molar-refractivity contribution in [3.8, 4) is 6.07 Å². The molecule has 1 heterocycles. The number of hydrogen-bond donors (Lipinski definition) is 0. The van der Waals surface area contributed by atoms with Crippen LogP contribution in [0.25, 0.3) is 0 Å². The molecule has 0 unspecified atom stereocenters. The van der Waals surface area contributed by atoms with Gasteiger partial charge >= 0.3 is 0 Å². The van der Waals surface area contributed by atoms with E-state index < -0.39 is 6.10 Å². The summed E-state index contributed by atoms with van der Waals surface area (Å²) in [5.41, 5.74) is 2.31.